The topological polar surface area (TPSA) is 87.0 Å². The van der Waals surface area contributed by atoms with Crippen molar-refractivity contribution in [1.29, 1.82) is 0 Å². The molecule has 0 saturated heterocycles. The van der Waals surface area contributed by atoms with Gasteiger partial charge in [0.1, 0.15) is 5.75 Å². The normalized spacial score (nSPS) is 10.7. The molecule has 0 atom stereocenters. The first-order chi connectivity index (χ1) is 15.1. The van der Waals surface area contributed by atoms with Gasteiger partial charge in [-0.2, -0.15) is 5.10 Å². The molecule has 2 heterocycles. The van der Waals surface area contributed by atoms with E-state index in [1.807, 2.05) is 31.2 Å². The van der Waals surface area contributed by atoms with E-state index < -0.39 is 0 Å². The molecule has 4 aromatic rings. The van der Waals surface area contributed by atoms with Crippen LogP contribution < -0.4 is 19.5 Å². The molecule has 0 radical (unpaired) electrons. The highest BCUT2D eigenvalue weighted by atomic mass is 16.5. The summed E-state index contributed by atoms with van der Waals surface area (Å²) < 4.78 is 17.8. The largest absolute Gasteiger partial charge is 0.494 e. The number of hydrogen-bond acceptors (Lipinski definition) is 6. The molecular formula is C23H22N4O4. The fourth-order valence-electron chi connectivity index (χ4n) is 3.22. The number of fused-ring (bicyclic) bond motifs is 1. The van der Waals surface area contributed by atoms with Crippen LogP contribution in [0.15, 0.2) is 60.8 Å². The van der Waals surface area contributed by atoms with Gasteiger partial charge in [0.05, 0.1) is 26.5 Å². The molecule has 1 amide bonds. The van der Waals surface area contributed by atoms with E-state index in [0.29, 0.717) is 29.4 Å². The van der Waals surface area contributed by atoms with Gasteiger partial charge in [-0.3, -0.25) is 4.79 Å². The number of aromatic nitrogens is 3. The summed E-state index contributed by atoms with van der Waals surface area (Å²) in [6, 6.07) is 16.2. The van der Waals surface area contributed by atoms with E-state index in [1.54, 1.807) is 55.3 Å². The molecule has 0 spiro atoms. The van der Waals surface area contributed by atoms with Gasteiger partial charge in [-0.1, -0.05) is 0 Å². The maximum absolute atomic E-state index is 12.7. The molecule has 0 saturated carbocycles. The van der Waals surface area contributed by atoms with Crippen LogP contribution in [0.2, 0.25) is 0 Å². The molecule has 2 aromatic carbocycles. The van der Waals surface area contributed by atoms with Crippen molar-refractivity contribution in [2.45, 2.75) is 6.92 Å². The number of hydrogen-bond donors (Lipinski definition) is 1. The number of nitrogens with zero attached hydrogens (tertiary/aromatic N) is 3. The lowest BCUT2D eigenvalue weighted by Gasteiger charge is -2.10. The molecule has 0 aliphatic rings. The Hall–Kier alpha value is -4.07. The first-order valence-electron chi connectivity index (χ1n) is 9.74. The van der Waals surface area contributed by atoms with Gasteiger partial charge in [0.15, 0.2) is 22.8 Å². The van der Waals surface area contributed by atoms with Crippen LogP contribution in [0.1, 0.15) is 17.4 Å². The second kappa shape index (κ2) is 8.74. The van der Waals surface area contributed by atoms with E-state index in [4.69, 9.17) is 14.2 Å². The zero-order valence-corrected chi connectivity index (χ0v) is 17.5. The fraction of sp³-hybridized carbons (Fsp3) is 0.174. The summed E-state index contributed by atoms with van der Waals surface area (Å²) in [5, 5.41) is 7.32. The molecule has 0 unspecified atom stereocenters. The summed E-state index contributed by atoms with van der Waals surface area (Å²) in [5.74, 6) is 1.66. The minimum Gasteiger partial charge on any atom is -0.494 e. The average Bonchev–Trinajstić information content (AvgIpc) is 3.25. The zero-order valence-electron chi connectivity index (χ0n) is 17.5. The Balaban J connectivity index is 1.63. The number of amides is 1. The van der Waals surface area contributed by atoms with Crippen molar-refractivity contribution in [1.82, 2.24) is 14.6 Å². The molecule has 0 aliphatic heterocycles. The number of carbonyl (C=O) groups excluding carboxylic acids is 1. The first-order valence-corrected chi connectivity index (χ1v) is 9.74. The van der Waals surface area contributed by atoms with Crippen LogP contribution in [0.3, 0.4) is 0 Å². The number of methoxy groups -OCH3 is 2. The second-order valence-corrected chi connectivity index (χ2v) is 6.61. The van der Waals surface area contributed by atoms with Crippen molar-refractivity contribution in [2.75, 3.05) is 26.1 Å². The Morgan fingerprint density at radius 3 is 2.48 bits per heavy atom. The Bertz CT molecular complexity index is 1220. The maximum atomic E-state index is 12.7. The van der Waals surface area contributed by atoms with E-state index in [-0.39, 0.29) is 11.6 Å². The van der Waals surface area contributed by atoms with E-state index in [2.05, 4.69) is 15.4 Å². The second-order valence-electron chi connectivity index (χ2n) is 6.61. The number of ether oxygens (including phenoxy) is 3. The van der Waals surface area contributed by atoms with Gasteiger partial charge in [-0.15, -0.1) is 0 Å². The van der Waals surface area contributed by atoms with Gasteiger partial charge >= 0.3 is 0 Å². The Morgan fingerprint density at radius 2 is 1.77 bits per heavy atom. The Kier molecular flexibility index (Phi) is 5.70. The van der Waals surface area contributed by atoms with Gasteiger partial charge in [0, 0.05) is 23.5 Å². The highest BCUT2D eigenvalue weighted by Crippen LogP contribution is 2.32. The summed E-state index contributed by atoms with van der Waals surface area (Å²) in [5.41, 5.74) is 3.09. The molecular weight excluding hydrogens is 396 g/mol. The number of rotatable bonds is 7. The molecule has 4 rings (SSSR count). The average molecular weight is 418 g/mol. The number of benzene rings is 2. The van der Waals surface area contributed by atoms with Crippen molar-refractivity contribution in [2.24, 2.45) is 0 Å². The van der Waals surface area contributed by atoms with Crippen molar-refractivity contribution in [3.63, 3.8) is 0 Å². The van der Waals surface area contributed by atoms with Gasteiger partial charge in [0.2, 0.25) is 0 Å². The van der Waals surface area contributed by atoms with Crippen LogP contribution >= 0.6 is 0 Å². The molecule has 31 heavy (non-hydrogen) atoms. The molecule has 0 aliphatic carbocycles. The van der Waals surface area contributed by atoms with Gasteiger partial charge in [0.25, 0.3) is 5.91 Å². The van der Waals surface area contributed by atoms with Crippen molar-refractivity contribution >= 4 is 17.2 Å². The maximum Gasteiger partial charge on any atom is 0.276 e. The molecule has 158 valence electrons. The molecule has 8 heteroatoms. The summed E-state index contributed by atoms with van der Waals surface area (Å²) in [4.78, 5) is 17.1. The SMILES string of the molecule is CCOc1ccc(NC(=O)c2cc3nccc(-c4ccc(OC)c(OC)c4)n3n2)cc1. The summed E-state index contributed by atoms with van der Waals surface area (Å²) in [6.07, 6.45) is 1.68. The lowest BCUT2D eigenvalue weighted by Crippen LogP contribution is -2.12. The number of anilines is 1. The predicted molar refractivity (Wildman–Crippen MR) is 117 cm³/mol. The van der Waals surface area contributed by atoms with Crippen LogP contribution in [-0.4, -0.2) is 41.3 Å². The van der Waals surface area contributed by atoms with E-state index in [1.165, 1.54) is 0 Å². The third-order valence-corrected chi connectivity index (χ3v) is 4.69. The Morgan fingerprint density at radius 1 is 1.00 bits per heavy atom. The third kappa shape index (κ3) is 4.13. The molecule has 1 N–H and O–H groups in total. The third-order valence-electron chi connectivity index (χ3n) is 4.69. The smallest absolute Gasteiger partial charge is 0.276 e. The zero-order chi connectivity index (χ0) is 21.8. The standard InChI is InChI=1S/C23H22N4O4/c1-4-31-17-8-6-16(7-9-17)25-23(28)18-14-22-24-12-11-19(27(22)26-18)15-5-10-20(29-2)21(13-15)30-3/h5-14H,4H2,1-3H3,(H,25,28). The summed E-state index contributed by atoms with van der Waals surface area (Å²) >= 11 is 0. The molecule has 0 bridgehead atoms. The quantitative estimate of drug-likeness (QED) is 0.487. The first kappa shape index (κ1) is 20.2. The molecule has 8 nitrogen and oxygen atoms in total. The number of carbonyl (C=O) groups is 1. The highest BCUT2D eigenvalue weighted by Gasteiger charge is 2.15. The van der Waals surface area contributed by atoms with Crippen LogP contribution in [-0.2, 0) is 0 Å². The van der Waals surface area contributed by atoms with Crippen molar-refractivity contribution in [3.8, 4) is 28.5 Å². The fourth-order valence-corrected chi connectivity index (χ4v) is 3.22. The van der Waals surface area contributed by atoms with E-state index in [9.17, 15) is 4.79 Å². The van der Waals surface area contributed by atoms with Crippen LogP contribution in [0.5, 0.6) is 17.2 Å². The van der Waals surface area contributed by atoms with Gasteiger partial charge in [-0.25, -0.2) is 9.50 Å². The predicted octanol–water partition coefficient (Wildman–Crippen LogP) is 4.06. The van der Waals surface area contributed by atoms with Crippen molar-refractivity contribution in [3.05, 3.63) is 66.5 Å². The van der Waals surface area contributed by atoms with Crippen LogP contribution in [0.25, 0.3) is 16.9 Å². The molecule has 0 fully saturated rings. The van der Waals surface area contributed by atoms with E-state index >= 15 is 0 Å². The van der Waals surface area contributed by atoms with Gasteiger partial charge in [-0.05, 0) is 55.5 Å². The van der Waals surface area contributed by atoms with E-state index in [0.717, 1.165) is 17.0 Å². The minimum absolute atomic E-state index is 0.259. The summed E-state index contributed by atoms with van der Waals surface area (Å²) in [6.45, 7) is 2.51. The van der Waals surface area contributed by atoms with Crippen LogP contribution in [0.4, 0.5) is 5.69 Å². The summed E-state index contributed by atoms with van der Waals surface area (Å²) in [7, 11) is 3.17. The molecule has 2 aromatic heterocycles. The lowest BCUT2D eigenvalue weighted by molar-refractivity contribution is 0.102. The minimum atomic E-state index is -0.326. The number of nitrogens with one attached hydrogen (secondary N) is 1. The van der Waals surface area contributed by atoms with Gasteiger partial charge < -0.3 is 19.5 Å². The van der Waals surface area contributed by atoms with Crippen molar-refractivity contribution < 1.29 is 19.0 Å². The van der Waals surface area contributed by atoms with Crippen LogP contribution in [0, 0.1) is 0 Å². The Labute approximate surface area is 179 Å². The highest BCUT2D eigenvalue weighted by molar-refractivity contribution is 6.03. The monoisotopic (exact) mass is 418 g/mol. The lowest BCUT2D eigenvalue weighted by atomic mass is 10.1.